The number of rotatable bonds is 7. The van der Waals surface area contributed by atoms with E-state index >= 15 is 0 Å². The fourth-order valence-corrected chi connectivity index (χ4v) is 2.53. The van der Waals surface area contributed by atoms with E-state index in [1.54, 1.807) is 12.1 Å². The molecule has 0 atom stereocenters. The van der Waals surface area contributed by atoms with Crippen molar-refractivity contribution in [3.63, 3.8) is 0 Å². The molecule has 0 aliphatic heterocycles. The van der Waals surface area contributed by atoms with Gasteiger partial charge >= 0.3 is 0 Å². The highest BCUT2D eigenvalue weighted by Crippen LogP contribution is 2.13. The smallest absolute Gasteiger partial charge is 0.232 e. The number of nitrogens with zero attached hydrogens (tertiary/aromatic N) is 1. The lowest BCUT2D eigenvalue weighted by molar-refractivity contribution is 0.398. The number of hydrogen-bond donors (Lipinski definition) is 1. The fourth-order valence-electron chi connectivity index (χ4n) is 1.18. The zero-order valence-electron chi connectivity index (χ0n) is 9.52. The summed E-state index contributed by atoms with van der Waals surface area (Å²) in [5, 5.41) is 0. The monoisotopic (exact) mass is 278 g/mol. The van der Waals surface area contributed by atoms with E-state index in [9.17, 15) is 8.42 Å². The van der Waals surface area contributed by atoms with Gasteiger partial charge in [-0.1, -0.05) is 0 Å². The summed E-state index contributed by atoms with van der Waals surface area (Å²) in [6.45, 7) is 0. The van der Waals surface area contributed by atoms with Gasteiger partial charge in [0.25, 0.3) is 0 Å². The second-order valence-corrected chi connectivity index (χ2v) is 5.63. The van der Waals surface area contributed by atoms with Crippen LogP contribution >= 0.6 is 11.6 Å². The van der Waals surface area contributed by atoms with Gasteiger partial charge in [0.2, 0.25) is 15.9 Å². The standard InChI is InChI=1S/C10H15ClN2O3S/c1-16-10-5-4-9(8-12-10)13-17(14,15)7-3-2-6-11/h4-5,8,13H,2-3,6-7H2,1H3. The van der Waals surface area contributed by atoms with E-state index in [4.69, 9.17) is 16.3 Å². The Kier molecular flexibility index (Phi) is 5.50. The van der Waals surface area contributed by atoms with Crippen LogP contribution in [0.25, 0.3) is 0 Å². The molecule has 0 spiro atoms. The first-order chi connectivity index (χ1) is 8.07. The molecule has 1 rings (SSSR count). The molecule has 0 amide bonds. The van der Waals surface area contributed by atoms with Gasteiger partial charge in [-0.25, -0.2) is 13.4 Å². The van der Waals surface area contributed by atoms with Crippen LogP contribution in [-0.4, -0.2) is 32.1 Å². The van der Waals surface area contributed by atoms with Crippen LogP contribution in [-0.2, 0) is 10.0 Å². The van der Waals surface area contributed by atoms with E-state index in [1.165, 1.54) is 13.3 Å². The quantitative estimate of drug-likeness (QED) is 0.610. The summed E-state index contributed by atoms with van der Waals surface area (Å²) in [5.74, 6) is 0.973. The second kappa shape index (κ2) is 6.66. The first kappa shape index (κ1) is 14.1. The van der Waals surface area contributed by atoms with Gasteiger partial charge in [-0.15, -0.1) is 11.6 Å². The van der Waals surface area contributed by atoms with Crippen LogP contribution in [0.3, 0.4) is 0 Å². The number of unbranched alkanes of at least 4 members (excludes halogenated alkanes) is 1. The van der Waals surface area contributed by atoms with E-state index in [-0.39, 0.29) is 5.75 Å². The fraction of sp³-hybridized carbons (Fsp3) is 0.500. The molecule has 5 nitrogen and oxygen atoms in total. The van der Waals surface area contributed by atoms with E-state index in [0.29, 0.717) is 30.3 Å². The first-order valence-corrected chi connectivity index (χ1v) is 7.32. The molecule has 1 N–H and O–H groups in total. The molecule has 0 bridgehead atoms. The number of sulfonamides is 1. The number of alkyl halides is 1. The molecule has 0 fully saturated rings. The number of anilines is 1. The van der Waals surface area contributed by atoms with Gasteiger partial charge in [0.05, 0.1) is 24.7 Å². The molecular weight excluding hydrogens is 264 g/mol. The summed E-state index contributed by atoms with van der Waals surface area (Å²) < 4.78 is 30.5. The van der Waals surface area contributed by atoms with E-state index in [0.717, 1.165) is 0 Å². The third-order valence-electron chi connectivity index (χ3n) is 2.02. The zero-order chi connectivity index (χ0) is 12.7. The van der Waals surface area contributed by atoms with Crippen molar-refractivity contribution < 1.29 is 13.2 Å². The van der Waals surface area contributed by atoms with Crippen LogP contribution in [0.1, 0.15) is 12.8 Å². The molecule has 0 aliphatic rings. The minimum atomic E-state index is -3.32. The van der Waals surface area contributed by atoms with Gasteiger partial charge in [0.15, 0.2) is 0 Å². The molecule has 0 saturated carbocycles. The highest BCUT2D eigenvalue weighted by Gasteiger charge is 2.10. The van der Waals surface area contributed by atoms with Crippen molar-refractivity contribution in [3.05, 3.63) is 18.3 Å². The lowest BCUT2D eigenvalue weighted by Crippen LogP contribution is -2.16. The number of aromatic nitrogens is 1. The summed E-state index contributed by atoms with van der Waals surface area (Å²) in [5.41, 5.74) is 0.427. The zero-order valence-corrected chi connectivity index (χ0v) is 11.1. The lowest BCUT2D eigenvalue weighted by Gasteiger charge is -2.07. The third kappa shape index (κ3) is 5.23. The van der Waals surface area contributed by atoms with Gasteiger partial charge in [-0.05, 0) is 18.9 Å². The van der Waals surface area contributed by atoms with Crippen molar-refractivity contribution >= 4 is 27.3 Å². The highest BCUT2D eigenvalue weighted by atomic mass is 35.5. The Morgan fingerprint density at radius 3 is 2.71 bits per heavy atom. The molecule has 0 aromatic carbocycles. The maximum atomic E-state index is 11.6. The van der Waals surface area contributed by atoms with Crippen molar-refractivity contribution in [2.75, 3.05) is 23.5 Å². The molecular formula is C10H15ClN2O3S. The predicted octanol–water partition coefficient (Wildman–Crippen LogP) is 1.85. The molecule has 0 saturated heterocycles. The SMILES string of the molecule is COc1ccc(NS(=O)(=O)CCCCCl)cn1. The van der Waals surface area contributed by atoms with Crippen LogP contribution in [0.15, 0.2) is 18.3 Å². The Morgan fingerprint density at radius 1 is 1.41 bits per heavy atom. The van der Waals surface area contributed by atoms with E-state index < -0.39 is 10.0 Å². The van der Waals surface area contributed by atoms with E-state index in [2.05, 4.69) is 9.71 Å². The molecule has 1 aromatic rings. The number of halogens is 1. The molecule has 1 heterocycles. The van der Waals surface area contributed by atoms with Crippen molar-refractivity contribution in [3.8, 4) is 5.88 Å². The predicted molar refractivity (Wildman–Crippen MR) is 68.2 cm³/mol. The largest absolute Gasteiger partial charge is 0.481 e. The Balaban J connectivity index is 2.56. The molecule has 0 radical (unpaired) electrons. The molecule has 17 heavy (non-hydrogen) atoms. The summed E-state index contributed by atoms with van der Waals surface area (Å²) in [6, 6.07) is 3.20. The number of nitrogens with one attached hydrogen (secondary N) is 1. The number of pyridine rings is 1. The topological polar surface area (TPSA) is 68.3 Å². The van der Waals surface area contributed by atoms with Crippen LogP contribution < -0.4 is 9.46 Å². The average molecular weight is 279 g/mol. The second-order valence-electron chi connectivity index (χ2n) is 3.41. The lowest BCUT2D eigenvalue weighted by atomic mass is 10.4. The van der Waals surface area contributed by atoms with Crippen molar-refractivity contribution in [1.82, 2.24) is 4.98 Å². The van der Waals surface area contributed by atoms with Gasteiger partial charge in [0.1, 0.15) is 0 Å². The number of hydrogen-bond acceptors (Lipinski definition) is 4. The molecule has 7 heteroatoms. The Hall–Kier alpha value is -1.01. The minimum absolute atomic E-state index is 0.0613. The van der Waals surface area contributed by atoms with Crippen LogP contribution in [0.2, 0.25) is 0 Å². The van der Waals surface area contributed by atoms with Crippen molar-refractivity contribution in [1.29, 1.82) is 0 Å². The Bertz CT molecular complexity index is 433. The maximum absolute atomic E-state index is 11.6. The normalized spacial score (nSPS) is 11.2. The first-order valence-electron chi connectivity index (χ1n) is 5.14. The van der Waals surface area contributed by atoms with Crippen LogP contribution in [0, 0.1) is 0 Å². The van der Waals surface area contributed by atoms with Crippen molar-refractivity contribution in [2.45, 2.75) is 12.8 Å². The van der Waals surface area contributed by atoms with Gasteiger partial charge in [-0.3, -0.25) is 4.72 Å². The van der Waals surface area contributed by atoms with Crippen LogP contribution in [0.4, 0.5) is 5.69 Å². The average Bonchev–Trinajstić information content (AvgIpc) is 2.30. The molecule has 1 aromatic heterocycles. The van der Waals surface area contributed by atoms with Gasteiger partial charge in [-0.2, -0.15) is 0 Å². The van der Waals surface area contributed by atoms with Gasteiger partial charge in [0, 0.05) is 11.9 Å². The number of ether oxygens (including phenoxy) is 1. The summed E-state index contributed by atoms with van der Waals surface area (Å²) >= 11 is 5.48. The maximum Gasteiger partial charge on any atom is 0.232 e. The van der Waals surface area contributed by atoms with Gasteiger partial charge < -0.3 is 4.74 Å². The summed E-state index contributed by atoms with van der Waals surface area (Å²) in [7, 11) is -1.82. The Morgan fingerprint density at radius 2 is 2.18 bits per heavy atom. The number of methoxy groups -OCH3 is 1. The van der Waals surface area contributed by atoms with Crippen LogP contribution in [0.5, 0.6) is 5.88 Å². The third-order valence-corrected chi connectivity index (χ3v) is 3.66. The summed E-state index contributed by atoms with van der Waals surface area (Å²) in [4.78, 5) is 3.91. The van der Waals surface area contributed by atoms with Crippen molar-refractivity contribution in [2.24, 2.45) is 0 Å². The minimum Gasteiger partial charge on any atom is -0.481 e. The molecule has 96 valence electrons. The highest BCUT2D eigenvalue weighted by molar-refractivity contribution is 7.92. The summed E-state index contributed by atoms with van der Waals surface area (Å²) in [6.07, 6.45) is 2.64. The van der Waals surface area contributed by atoms with E-state index in [1.807, 2.05) is 0 Å². The Labute approximate surface area is 106 Å². The molecule has 0 aliphatic carbocycles. The molecule has 0 unspecified atom stereocenters.